The number of hydrogen-bond donors (Lipinski definition) is 2. The molecule has 0 aliphatic rings. The average molecular weight is 355 g/mol. The molecule has 134 valence electrons. The van der Waals surface area contributed by atoms with Crippen molar-refractivity contribution in [2.45, 2.75) is 13.1 Å². The number of ether oxygens (including phenoxy) is 1. The van der Waals surface area contributed by atoms with Gasteiger partial charge in [-0.05, 0) is 29.8 Å². The molecule has 9 heteroatoms. The van der Waals surface area contributed by atoms with E-state index in [1.54, 1.807) is 19.2 Å². The second-order valence-electron chi connectivity index (χ2n) is 5.31. The Hall–Kier alpha value is -3.62. The van der Waals surface area contributed by atoms with E-state index in [0.29, 0.717) is 12.3 Å². The van der Waals surface area contributed by atoms with Crippen LogP contribution in [0.15, 0.2) is 53.4 Å². The molecule has 3 rings (SSSR count). The Labute approximate surface area is 149 Å². The zero-order valence-corrected chi connectivity index (χ0v) is 14.0. The Morgan fingerprint density at radius 1 is 1.12 bits per heavy atom. The molecule has 0 fully saturated rings. The topological polar surface area (TPSA) is 115 Å². The third-order valence-corrected chi connectivity index (χ3v) is 3.63. The number of nitrogens with zero attached hydrogens (tertiary/aromatic N) is 3. The van der Waals surface area contributed by atoms with Gasteiger partial charge in [0.2, 0.25) is 11.6 Å². The highest BCUT2D eigenvalue weighted by Gasteiger charge is 2.22. The summed E-state index contributed by atoms with van der Waals surface area (Å²) in [5.74, 6) is 1.65. The van der Waals surface area contributed by atoms with Crippen molar-refractivity contribution in [3.63, 3.8) is 0 Å². The molecule has 26 heavy (non-hydrogen) atoms. The number of methoxy groups -OCH3 is 1. The number of hydrogen-bond acceptors (Lipinski definition) is 8. The maximum absolute atomic E-state index is 11.5. The van der Waals surface area contributed by atoms with Crippen LogP contribution in [0, 0.1) is 10.1 Å². The van der Waals surface area contributed by atoms with Crippen LogP contribution in [0.25, 0.3) is 0 Å². The average Bonchev–Trinajstić information content (AvgIpc) is 3.18. The zero-order chi connectivity index (χ0) is 18.4. The zero-order valence-electron chi connectivity index (χ0n) is 14.0. The van der Waals surface area contributed by atoms with E-state index in [1.165, 1.54) is 12.6 Å². The number of anilines is 2. The predicted molar refractivity (Wildman–Crippen MR) is 95.0 cm³/mol. The SMILES string of the molecule is COc1ccc(CNc2ncnc(NCc3ccco3)c2[N+](=O)[O-])cc1. The van der Waals surface area contributed by atoms with Crippen LogP contribution in [0.4, 0.5) is 17.3 Å². The first-order valence-electron chi connectivity index (χ1n) is 7.80. The Morgan fingerprint density at radius 2 is 1.81 bits per heavy atom. The fourth-order valence-electron chi connectivity index (χ4n) is 2.32. The minimum atomic E-state index is -0.513. The van der Waals surface area contributed by atoms with Crippen LogP contribution in [0.1, 0.15) is 11.3 Å². The van der Waals surface area contributed by atoms with E-state index < -0.39 is 4.92 Å². The van der Waals surface area contributed by atoms with Crippen LogP contribution in [-0.4, -0.2) is 22.0 Å². The first-order valence-corrected chi connectivity index (χ1v) is 7.80. The third-order valence-electron chi connectivity index (χ3n) is 3.63. The summed E-state index contributed by atoms with van der Waals surface area (Å²) in [4.78, 5) is 19.0. The Morgan fingerprint density at radius 3 is 2.38 bits per heavy atom. The van der Waals surface area contributed by atoms with Crippen molar-refractivity contribution in [2.75, 3.05) is 17.7 Å². The molecule has 2 N–H and O–H groups in total. The highest BCUT2D eigenvalue weighted by Crippen LogP contribution is 2.29. The molecule has 0 aliphatic carbocycles. The molecule has 0 saturated carbocycles. The fourth-order valence-corrected chi connectivity index (χ4v) is 2.32. The smallest absolute Gasteiger partial charge is 0.353 e. The van der Waals surface area contributed by atoms with Gasteiger partial charge in [-0.3, -0.25) is 10.1 Å². The summed E-state index contributed by atoms with van der Waals surface area (Å²) in [5, 5.41) is 17.4. The molecule has 0 bridgehead atoms. The van der Waals surface area contributed by atoms with Gasteiger partial charge in [-0.1, -0.05) is 12.1 Å². The van der Waals surface area contributed by atoms with Gasteiger partial charge in [0.25, 0.3) is 0 Å². The molecule has 0 saturated heterocycles. The molecule has 3 aromatic rings. The van der Waals surface area contributed by atoms with E-state index in [0.717, 1.165) is 11.3 Å². The molecular weight excluding hydrogens is 338 g/mol. The van der Waals surface area contributed by atoms with Gasteiger partial charge in [0.15, 0.2) is 0 Å². The molecule has 0 radical (unpaired) electrons. The van der Waals surface area contributed by atoms with E-state index in [9.17, 15) is 10.1 Å². The number of rotatable bonds is 8. The summed E-state index contributed by atoms with van der Waals surface area (Å²) < 4.78 is 10.3. The van der Waals surface area contributed by atoms with Crippen molar-refractivity contribution >= 4 is 17.3 Å². The number of nitro groups is 1. The molecule has 2 heterocycles. The molecular formula is C17H17N5O4. The minimum Gasteiger partial charge on any atom is -0.497 e. The van der Waals surface area contributed by atoms with Crippen LogP contribution < -0.4 is 15.4 Å². The first kappa shape index (κ1) is 17.2. The molecule has 0 unspecified atom stereocenters. The Kier molecular flexibility index (Phi) is 5.28. The molecule has 9 nitrogen and oxygen atoms in total. The third kappa shape index (κ3) is 4.07. The van der Waals surface area contributed by atoms with Gasteiger partial charge >= 0.3 is 5.69 Å². The molecule has 1 aromatic carbocycles. The highest BCUT2D eigenvalue weighted by atomic mass is 16.6. The van der Waals surface area contributed by atoms with Gasteiger partial charge in [-0.25, -0.2) is 9.97 Å². The van der Waals surface area contributed by atoms with Crippen LogP contribution >= 0.6 is 0 Å². The summed E-state index contributed by atoms with van der Waals surface area (Å²) in [7, 11) is 1.59. The van der Waals surface area contributed by atoms with Crippen molar-refractivity contribution in [3.05, 3.63) is 70.4 Å². The lowest BCUT2D eigenvalue weighted by atomic mass is 10.2. The van der Waals surface area contributed by atoms with Gasteiger partial charge in [-0.2, -0.15) is 0 Å². The number of furan rings is 1. The van der Waals surface area contributed by atoms with Gasteiger partial charge in [0.05, 0.1) is 24.8 Å². The number of aromatic nitrogens is 2. The van der Waals surface area contributed by atoms with Gasteiger partial charge < -0.3 is 19.8 Å². The molecule has 0 aliphatic heterocycles. The summed E-state index contributed by atoms with van der Waals surface area (Å²) >= 11 is 0. The van der Waals surface area contributed by atoms with Gasteiger partial charge in [-0.15, -0.1) is 0 Å². The number of benzene rings is 1. The normalized spacial score (nSPS) is 10.3. The van der Waals surface area contributed by atoms with E-state index in [4.69, 9.17) is 9.15 Å². The molecule has 0 spiro atoms. The van der Waals surface area contributed by atoms with Crippen molar-refractivity contribution in [2.24, 2.45) is 0 Å². The lowest BCUT2D eigenvalue weighted by Gasteiger charge is -2.10. The van der Waals surface area contributed by atoms with Gasteiger partial charge in [0.1, 0.15) is 17.8 Å². The predicted octanol–water partition coefficient (Wildman–Crippen LogP) is 3.21. The molecule has 0 amide bonds. The van der Waals surface area contributed by atoms with Crippen LogP contribution in [-0.2, 0) is 13.1 Å². The summed E-state index contributed by atoms with van der Waals surface area (Å²) in [6.07, 6.45) is 2.81. The largest absolute Gasteiger partial charge is 0.497 e. The van der Waals surface area contributed by atoms with Crippen molar-refractivity contribution in [1.82, 2.24) is 9.97 Å². The quantitative estimate of drug-likeness (QED) is 0.467. The first-order chi connectivity index (χ1) is 12.7. The second-order valence-corrected chi connectivity index (χ2v) is 5.31. The fraction of sp³-hybridized carbons (Fsp3) is 0.176. The summed E-state index contributed by atoms with van der Waals surface area (Å²) in [6, 6.07) is 10.9. The second kappa shape index (κ2) is 7.97. The van der Waals surface area contributed by atoms with E-state index in [2.05, 4.69) is 20.6 Å². The monoisotopic (exact) mass is 355 g/mol. The lowest BCUT2D eigenvalue weighted by Crippen LogP contribution is -2.09. The number of nitrogens with one attached hydrogen (secondary N) is 2. The Balaban J connectivity index is 1.75. The summed E-state index contributed by atoms with van der Waals surface area (Å²) in [5.41, 5.74) is 0.719. The van der Waals surface area contributed by atoms with Crippen LogP contribution in [0.3, 0.4) is 0 Å². The molecule has 0 atom stereocenters. The van der Waals surface area contributed by atoms with Crippen molar-refractivity contribution in [1.29, 1.82) is 0 Å². The van der Waals surface area contributed by atoms with Gasteiger partial charge in [0, 0.05) is 6.54 Å². The summed E-state index contributed by atoms with van der Waals surface area (Å²) in [6.45, 7) is 0.655. The maximum Gasteiger partial charge on any atom is 0.353 e. The molecule has 2 aromatic heterocycles. The standard InChI is InChI=1S/C17H17N5O4/c1-25-13-6-4-12(5-7-13)9-18-16-15(22(23)24)17(21-11-20-16)19-10-14-3-2-8-26-14/h2-8,11H,9-10H2,1H3,(H2,18,19,20,21). The van der Waals surface area contributed by atoms with Crippen molar-refractivity contribution in [3.8, 4) is 5.75 Å². The van der Waals surface area contributed by atoms with E-state index >= 15 is 0 Å². The highest BCUT2D eigenvalue weighted by molar-refractivity contribution is 5.69. The Bertz CT molecular complexity index is 865. The van der Waals surface area contributed by atoms with Crippen molar-refractivity contribution < 1.29 is 14.1 Å². The van der Waals surface area contributed by atoms with Crippen LogP contribution in [0.2, 0.25) is 0 Å². The maximum atomic E-state index is 11.5. The van der Waals surface area contributed by atoms with E-state index in [1.807, 2.05) is 24.3 Å². The van der Waals surface area contributed by atoms with Crippen LogP contribution in [0.5, 0.6) is 5.75 Å². The van der Waals surface area contributed by atoms with E-state index in [-0.39, 0.29) is 23.9 Å². The minimum absolute atomic E-state index is 0.124. The lowest BCUT2D eigenvalue weighted by molar-refractivity contribution is -0.383.